The molecule has 3 fully saturated rings. The van der Waals surface area contributed by atoms with Gasteiger partial charge in [-0.2, -0.15) is 8.42 Å². The topological polar surface area (TPSA) is 342 Å². The number of aliphatic hydroxyl groups is 1. The molecule has 0 saturated carbocycles. The van der Waals surface area contributed by atoms with Gasteiger partial charge < -0.3 is 62.8 Å². The van der Waals surface area contributed by atoms with Gasteiger partial charge in [0.25, 0.3) is 16.0 Å². The number of aliphatic hydroxyl groups excluding tert-OH is 1. The Morgan fingerprint density at radius 1 is 0.689 bits per heavy atom. The van der Waals surface area contributed by atoms with Crippen molar-refractivity contribution >= 4 is 51.5 Å². The Bertz CT molecular complexity index is 3320. The van der Waals surface area contributed by atoms with Gasteiger partial charge >= 0.3 is 0 Å². The van der Waals surface area contributed by atoms with Crippen molar-refractivity contribution < 1.29 is 61.5 Å². The molecule has 0 aliphatic carbocycles. The predicted octanol–water partition coefficient (Wildman–Crippen LogP) is 5.45. The highest BCUT2D eigenvalue weighted by molar-refractivity contribution is 7.85. The molecule has 5 aromatic rings. The Hall–Kier alpha value is -8.22. The first-order chi connectivity index (χ1) is 43.1. The molecule has 7 amide bonds. The van der Waals surface area contributed by atoms with E-state index in [0.717, 1.165) is 52.0 Å². The van der Waals surface area contributed by atoms with Crippen LogP contribution in [0, 0.1) is 6.92 Å². The number of carbonyl (C=O) groups is 7. The number of hydrogen-bond acceptors (Lipinski definition) is 14. The Labute approximate surface area is 527 Å². The van der Waals surface area contributed by atoms with Crippen LogP contribution in [0.15, 0.2) is 126 Å². The Balaban J connectivity index is 0.000000944. The van der Waals surface area contributed by atoms with E-state index in [1.54, 1.807) is 36.4 Å². The quantitative estimate of drug-likeness (QED) is 0.0363. The highest BCUT2D eigenvalue weighted by Gasteiger charge is 2.43. The number of aromatic hydroxyl groups is 1. The van der Waals surface area contributed by atoms with E-state index in [1.165, 1.54) is 60.3 Å². The number of aryl methyl sites for hydroxylation is 2. The van der Waals surface area contributed by atoms with Crippen molar-refractivity contribution in [2.24, 2.45) is 11.5 Å². The molecule has 0 radical (unpaired) electrons. The summed E-state index contributed by atoms with van der Waals surface area (Å²) in [6.45, 7) is 6.45. The van der Waals surface area contributed by atoms with E-state index in [4.69, 9.17) is 20.8 Å². The largest absolute Gasteiger partial charge is 0.508 e. The molecule has 3 heterocycles. The molecule has 3 aliphatic heterocycles. The maximum atomic E-state index is 14.4. The predicted molar refractivity (Wildman–Crippen MR) is 341 cm³/mol. The molecule has 8 rings (SSSR count). The van der Waals surface area contributed by atoms with E-state index in [2.05, 4.69) is 33.5 Å². The van der Waals surface area contributed by atoms with Crippen molar-refractivity contribution in [2.75, 3.05) is 32.8 Å². The molecule has 22 nitrogen and oxygen atoms in total. The molecule has 0 bridgehead atoms. The lowest BCUT2D eigenvalue weighted by atomic mass is 9.99. The molecular weight excluding hydrogens is 1170 g/mol. The van der Waals surface area contributed by atoms with E-state index in [0.29, 0.717) is 19.4 Å². The number of hydrogen-bond donors (Lipinski definition) is 10. The highest BCUT2D eigenvalue weighted by atomic mass is 32.2. The molecule has 5 aromatic carbocycles. The van der Waals surface area contributed by atoms with Crippen LogP contribution in [0.1, 0.15) is 119 Å². The minimum absolute atomic E-state index is 0.0157. The van der Waals surface area contributed by atoms with Crippen molar-refractivity contribution in [1.29, 1.82) is 0 Å². The lowest BCUT2D eigenvalue weighted by Gasteiger charge is -2.32. The number of nitrogens with zero attached hydrogens (tertiary/aromatic N) is 2. The normalized spacial score (nSPS) is 21.7. The Morgan fingerprint density at radius 3 is 1.91 bits per heavy atom. The second-order valence-electron chi connectivity index (χ2n) is 23.4. The van der Waals surface area contributed by atoms with E-state index in [-0.39, 0.29) is 87.3 Å². The summed E-state index contributed by atoms with van der Waals surface area (Å²) in [7, 11) is -4.02. The fourth-order valence-corrected chi connectivity index (χ4v) is 11.7. The lowest BCUT2D eigenvalue weighted by Crippen LogP contribution is -2.61. The molecule has 8 atom stereocenters. The number of benzene rings is 5. The smallest absolute Gasteiger partial charge is 0.294 e. The van der Waals surface area contributed by atoms with Crippen molar-refractivity contribution in [2.45, 2.75) is 164 Å². The van der Waals surface area contributed by atoms with Gasteiger partial charge in [-0.25, -0.2) is 0 Å². The summed E-state index contributed by atoms with van der Waals surface area (Å²) in [4.78, 5) is 102. The summed E-state index contributed by atoms with van der Waals surface area (Å²) < 4.78 is 35.5. The molecular formula is C67H87N9O13S. The van der Waals surface area contributed by atoms with Crippen molar-refractivity contribution in [1.82, 2.24) is 36.4 Å². The maximum Gasteiger partial charge on any atom is 0.294 e. The van der Waals surface area contributed by atoms with Crippen LogP contribution in [-0.4, -0.2) is 156 Å². The number of fused-ring (bicyclic) bond motifs is 2. The molecule has 3 aliphatic rings. The van der Waals surface area contributed by atoms with E-state index < -0.39 is 99.9 Å². The summed E-state index contributed by atoms with van der Waals surface area (Å²) in [6, 6.07) is 27.6. The summed E-state index contributed by atoms with van der Waals surface area (Å²) in [5.41, 5.74) is 18.1. The van der Waals surface area contributed by atoms with Gasteiger partial charge in [-0.15, -0.1) is 0 Å². The third kappa shape index (κ3) is 19.9. The van der Waals surface area contributed by atoms with Crippen molar-refractivity contribution in [3.05, 3.63) is 138 Å². The summed E-state index contributed by atoms with van der Waals surface area (Å²) in [6.07, 6.45) is 6.15. The van der Waals surface area contributed by atoms with Gasteiger partial charge in [-0.3, -0.25) is 38.1 Å². The first-order valence-corrected chi connectivity index (χ1v) is 32.6. The van der Waals surface area contributed by atoms with Gasteiger partial charge in [-0.1, -0.05) is 111 Å². The number of phenolic OH excluding ortho intramolecular Hbond substituents is 1. The number of rotatable bonds is 19. The first-order valence-electron chi connectivity index (χ1n) is 31.1. The Morgan fingerprint density at radius 2 is 1.30 bits per heavy atom. The van der Waals surface area contributed by atoms with Gasteiger partial charge in [0.15, 0.2) is 0 Å². The maximum absolute atomic E-state index is 14.4. The average molecular weight is 1260 g/mol. The van der Waals surface area contributed by atoms with Crippen LogP contribution in [-0.2, 0) is 45.3 Å². The SMILES string of the molecule is CCCCCCCOc1ccc(-c2ccc(-c3ccc(C(=O)N[C@H]4CCCNC(=O)[C@@H]5C[C@H](N)CN5C(=O)[C@H](CCCN)NC(=O)[C@H](CCc5ccc(O)cc5)NC(=O)[C@@H]5CCCN5C(=O)[C@H]([C@@H](C)O)NC4=O)cc3)cc2)cc1.Cc1ccc(S(=O)(=O)O)cc1. The van der Waals surface area contributed by atoms with E-state index >= 15 is 0 Å². The summed E-state index contributed by atoms with van der Waals surface area (Å²) >= 11 is 0. The Kier molecular flexibility index (Phi) is 25.8. The summed E-state index contributed by atoms with van der Waals surface area (Å²) in [5, 5.41) is 34.9. The van der Waals surface area contributed by atoms with Crippen LogP contribution in [0.4, 0.5) is 0 Å². The number of nitrogens with two attached hydrogens (primary N) is 2. The van der Waals surface area contributed by atoms with Crippen LogP contribution in [0.25, 0.3) is 22.3 Å². The number of carbonyl (C=O) groups excluding carboxylic acids is 7. The minimum atomic E-state index is -4.02. The monoisotopic (exact) mass is 1260 g/mol. The van der Waals surface area contributed by atoms with Gasteiger partial charge in [0.05, 0.1) is 17.6 Å². The average Bonchev–Trinajstić information content (AvgIpc) is 1.98. The zero-order valence-corrected chi connectivity index (χ0v) is 52.3. The number of phenols is 1. The van der Waals surface area contributed by atoms with E-state index in [1.807, 2.05) is 67.6 Å². The third-order valence-corrected chi connectivity index (χ3v) is 17.3. The molecule has 90 heavy (non-hydrogen) atoms. The minimum Gasteiger partial charge on any atom is -0.508 e. The van der Waals surface area contributed by atoms with Crippen LogP contribution in [0.3, 0.4) is 0 Å². The first kappa shape index (κ1) is 69.3. The van der Waals surface area contributed by atoms with Gasteiger partial charge in [0.1, 0.15) is 47.8 Å². The second kappa shape index (κ2) is 33.6. The standard InChI is InChI=1S/C60H79N9O10.C7H8O3S/c1-3-4-5-6-7-35-79-47-29-25-43(26-30-47)41-19-17-40(18-20-41)42-21-23-44(24-22-42)54(72)64-48-12-9-33-63-57(75)52-36-45(62)37-69(52)59(77)50(11-8-32-61)66-55(73)49(31-16-39-14-27-46(71)28-15-39)65-58(76)51-13-10-34-68(51)60(78)53(38(2)70)67-56(48)74;1-6-2-4-7(5-3-6)11(8,9)10/h14-15,17-30,38,45,48-53,70-71H,3-13,16,31-37,61-62H2,1-2H3,(H,63,75)(H,64,72)(H,65,76)(H,66,73)(H,67,74);2-5H,1H3,(H,8,9,10)/t38-,45+,48+,49+,50+,51+,52+,53+;/m1./s1. The lowest BCUT2D eigenvalue weighted by molar-refractivity contribution is -0.144. The third-order valence-electron chi connectivity index (χ3n) is 16.4. The number of ether oxygens (including phenoxy) is 1. The highest BCUT2D eigenvalue weighted by Crippen LogP contribution is 2.28. The van der Waals surface area contributed by atoms with Crippen LogP contribution in [0.5, 0.6) is 11.5 Å². The molecule has 484 valence electrons. The van der Waals surface area contributed by atoms with Crippen LogP contribution >= 0.6 is 0 Å². The van der Waals surface area contributed by atoms with Crippen molar-refractivity contribution in [3.8, 4) is 33.8 Å². The number of unbranched alkanes of at least 4 members (excludes halogenated alkanes) is 4. The van der Waals surface area contributed by atoms with Crippen LogP contribution < -0.4 is 42.8 Å². The van der Waals surface area contributed by atoms with Gasteiger partial charge in [-0.05, 0) is 161 Å². The second-order valence-corrected chi connectivity index (χ2v) is 24.8. The number of amides is 7. The van der Waals surface area contributed by atoms with Crippen molar-refractivity contribution in [3.63, 3.8) is 0 Å². The fourth-order valence-electron chi connectivity index (χ4n) is 11.2. The molecule has 23 heteroatoms. The van der Waals surface area contributed by atoms with Gasteiger partial charge in [0.2, 0.25) is 35.4 Å². The zero-order chi connectivity index (χ0) is 64.9. The molecule has 0 aromatic heterocycles. The number of nitrogens with one attached hydrogen (secondary N) is 5. The molecule has 3 saturated heterocycles. The van der Waals surface area contributed by atoms with Crippen LogP contribution in [0.2, 0.25) is 0 Å². The van der Waals surface area contributed by atoms with E-state index in [9.17, 15) is 52.2 Å². The molecule has 0 spiro atoms. The molecule has 12 N–H and O–H groups in total. The summed E-state index contributed by atoms with van der Waals surface area (Å²) in [5.74, 6) is -3.60. The zero-order valence-electron chi connectivity index (χ0n) is 51.5. The van der Waals surface area contributed by atoms with Gasteiger partial charge in [0, 0.05) is 31.2 Å². The molecule has 0 unspecified atom stereocenters. The fraction of sp³-hybridized carbons (Fsp3) is 0.448.